The van der Waals surface area contributed by atoms with Crippen molar-refractivity contribution in [2.24, 2.45) is 5.92 Å². The van der Waals surface area contributed by atoms with Gasteiger partial charge in [-0.05, 0) is 55.5 Å². The molecular weight excluding hydrogens is 559 g/mol. The molecule has 3 heterocycles. The highest BCUT2D eigenvalue weighted by Gasteiger charge is 2.47. The van der Waals surface area contributed by atoms with Crippen LogP contribution >= 0.6 is 0 Å². The third-order valence-electron chi connectivity index (χ3n) is 8.73. The summed E-state index contributed by atoms with van der Waals surface area (Å²) in [7, 11) is -3.01. The first kappa shape index (κ1) is 28.3. The molecule has 42 heavy (non-hydrogen) atoms. The Hall–Kier alpha value is -3.82. The molecule has 0 bridgehead atoms. The van der Waals surface area contributed by atoms with Crippen LogP contribution in [-0.2, 0) is 21.2 Å². The number of nitrogens with zero attached hydrogens (tertiary/aromatic N) is 5. The first-order valence-electron chi connectivity index (χ1n) is 14.4. The number of aromatic nitrogens is 3. The highest BCUT2D eigenvalue weighted by Crippen LogP contribution is 2.44. The van der Waals surface area contributed by atoms with Crippen LogP contribution in [0, 0.1) is 23.1 Å². The van der Waals surface area contributed by atoms with E-state index in [-0.39, 0.29) is 29.9 Å². The van der Waals surface area contributed by atoms with Gasteiger partial charge in [0.1, 0.15) is 11.4 Å². The third-order valence-corrected chi connectivity index (χ3v) is 10.3. The molecule has 3 aliphatic rings. The number of anilines is 1. The van der Waals surface area contributed by atoms with Gasteiger partial charge in [0, 0.05) is 36.2 Å². The number of hydrogen-bond donors (Lipinski definition) is 2. The van der Waals surface area contributed by atoms with Crippen LogP contribution in [0.5, 0.6) is 0 Å². The third kappa shape index (κ3) is 5.51. The average Bonchev–Trinajstić information content (AvgIpc) is 3.67. The number of carbonyl (C=O) groups excluding carboxylic acids is 1. The number of sulfone groups is 1. The van der Waals surface area contributed by atoms with Crippen molar-refractivity contribution in [3.63, 3.8) is 0 Å². The van der Waals surface area contributed by atoms with Crippen molar-refractivity contribution in [3.05, 3.63) is 59.8 Å². The van der Waals surface area contributed by atoms with Gasteiger partial charge in [-0.15, -0.1) is 0 Å². The Morgan fingerprint density at radius 1 is 1.12 bits per heavy atom. The second kappa shape index (κ2) is 11.1. The summed E-state index contributed by atoms with van der Waals surface area (Å²) in [6.45, 7) is 0.479. The van der Waals surface area contributed by atoms with Gasteiger partial charge in [0.05, 0.1) is 41.8 Å². The molecule has 0 radical (unpaired) electrons. The Kier molecular flexibility index (Phi) is 7.49. The van der Waals surface area contributed by atoms with E-state index in [4.69, 9.17) is 5.10 Å². The van der Waals surface area contributed by atoms with Gasteiger partial charge in [-0.2, -0.15) is 10.4 Å². The van der Waals surface area contributed by atoms with Gasteiger partial charge in [0.25, 0.3) is 0 Å². The lowest BCUT2D eigenvalue weighted by atomic mass is 9.75. The number of nitriles is 1. The molecule has 220 valence electrons. The van der Waals surface area contributed by atoms with E-state index in [1.807, 2.05) is 29.2 Å². The molecule has 3 aromatic rings. The number of carbonyl (C=O) groups is 1. The van der Waals surface area contributed by atoms with Gasteiger partial charge in [-0.1, -0.05) is 25.0 Å². The summed E-state index contributed by atoms with van der Waals surface area (Å²) in [5.41, 5.74) is 2.73. The number of aliphatic hydroxyl groups excluding tert-OH is 1. The highest BCUT2D eigenvalue weighted by atomic mass is 32.2. The molecule has 2 N–H and O–H groups in total. The van der Waals surface area contributed by atoms with E-state index in [2.05, 4.69) is 16.4 Å². The molecule has 0 spiro atoms. The number of halogens is 1. The first-order valence-corrected chi connectivity index (χ1v) is 16.2. The molecule has 1 aliphatic heterocycles. The fourth-order valence-corrected chi connectivity index (χ4v) is 7.38. The Labute approximate surface area is 244 Å². The summed E-state index contributed by atoms with van der Waals surface area (Å²) in [6, 6.07) is 12.7. The number of benzene rings is 1. The predicted octanol–water partition coefficient (Wildman–Crippen LogP) is 3.25. The highest BCUT2D eigenvalue weighted by molar-refractivity contribution is 7.91. The summed E-state index contributed by atoms with van der Waals surface area (Å²) in [6.07, 6.45) is 5.55. The minimum absolute atomic E-state index is 0.114. The maximum Gasteiger partial charge on any atom is 0.225 e. The van der Waals surface area contributed by atoms with Crippen molar-refractivity contribution < 1.29 is 22.7 Å². The lowest BCUT2D eigenvalue weighted by molar-refractivity contribution is -0.127. The van der Waals surface area contributed by atoms with E-state index in [1.165, 1.54) is 16.8 Å². The van der Waals surface area contributed by atoms with E-state index >= 15 is 0 Å². The van der Waals surface area contributed by atoms with Crippen LogP contribution in [0.1, 0.15) is 55.8 Å². The number of aliphatic hydroxyl groups is 1. The van der Waals surface area contributed by atoms with Crippen molar-refractivity contribution in [2.75, 3.05) is 29.5 Å². The van der Waals surface area contributed by atoms with Crippen LogP contribution < -0.4 is 10.2 Å². The molecular formula is C30H33FN6O4S. The Bertz CT molecular complexity index is 1610. The first-order chi connectivity index (χ1) is 20.2. The smallest absolute Gasteiger partial charge is 0.225 e. The van der Waals surface area contributed by atoms with Crippen LogP contribution in [0.15, 0.2) is 42.6 Å². The summed E-state index contributed by atoms with van der Waals surface area (Å²) in [5, 5.41) is 28.1. The minimum atomic E-state index is -3.01. The lowest BCUT2D eigenvalue weighted by Crippen LogP contribution is -2.42. The maximum absolute atomic E-state index is 13.7. The van der Waals surface area contributed by atoms with E-state index in [0.29, 0.717) is 61.5 Å². The van der Waals surface area contributed by atoms with Crippen LogP contribution in [0.4, 0.5) is 10.1 Å². The van der Waals surface area contributed by atoms with Crippen LogP contribution in [0.2, 0.25) is 0 Å². The fraction of sp³-hybridized carbons (Fsp3) is 0.467. The van der Waals surface area contributed by atoms with E-state index in [1.54, 1.807) is 0 Å². The van der Waals surface area contributed by atoms with Gasteiger partial charge < -0.3 is 15.3 Å². The van der Waals surface area contributed by atoms with E-state index < -0.39 is 27.1 Å². The van der Waals surface area contributed by atoms with Gasteiger partial charge in [0.2, 0.25) is 5.91 Å². The molecule has 1 aromatic carbocycles. The zero-order valence-corrected chi connectivity index (χ0v) is 24.0. The number of rotatable bonds is 7. The Morgan fingerprint density at radius 3 is 2.45 bits per heavy atom. The quantitative estimate of drug-likeness (QED) is 0.426. The zero-order chi connectivity index (χ0) is 29.5. The van der Waals surface area contributed by atoms with Crippen LogP contribution in [-0.4, -0.2) is 64.3 Å². The van der Waals surface area contributed by atoms with Crippen LogP contribution in [0.25, 0.3) is 16.9 Å². The summed E-state index contributed by atoms with van der Waals surface area (Å²) in [5.74, 6) is -0.728. The predicted molar refractivity (Wildman–Crippen MR) is 154 cm³/mol. The number of pyridine rings is 1. The number of hydrogen-bond acceptors (Lipinski definition) is 8. The standard InChI is InChI=1S/C30H33FN6O4S/c31-21-7-10-26(33-17-21)37-25(18-38)27(20-5-8-22(9-6-20)36-13-15-42(40,41)16-14-36)28(35-37)23-3-1-2-4-24(23)29(39)34-30(19-32)11-12-30/h5-10,17,23-24,38H,1-4,11-16,18H2,(H,34,39). The molecule has 3 fully saturated rings. The summed E-state index contributed by atoms with van der Waals surface area (Å²) >= 11 is 0. The van der Waals surface area contributed by atoms with Crippen molar-refractivity contribution in [2.45, 2.75) is 56.6 Å². The fourth-order valence-electron chi connectivity index (χ4n) is 6.17. The maximum atomic E-state index is 13.7. The largest absolute Gasteiger partial charge is 0.390 e. The molecule has 2 unspecified atom stereocenters. The number of nitrogens with one attached hydrogen (secondary N) is 1. The van der Waals surface area contributed by atoms with Gasteiger partial charge >= 0.3 is 0 Å². The van der Waals surface area contributed by atoms with E-state index in [0.717, 1.165) is 30.3 Å². The van der Waals surface area contributed by atoms with Gasteiger partial charge in [0.15, 0.2) is 15.7 Å². The molecule has 10 nitrogen and oxygen atoms in total. The summed E-state index contributed by atoms with van der Waals surface area (Å²) < 4.78 is 39.1. The van der Waals surface area contributed by atoms with Crippen molar-refractivity contribution in [1.82, 2.24) is 20.1 Å². The molecule has 6 rings (SSSR count). The topological polar surface area (TPSA) is 141 Å². The molecule has 2 saturated carbocycles. The zero-order valence-electron chi connectivity index (χ0n) is 23.2. The van der Waals surface area contributed by atoms with Crippen molar-refractivity contribution in [3.8, 4) is 23.0 Å². The lowest BCUT2D eigenvalue weighted by Gasteiger charge is -2.31. The van der Waals surface area contributed by atoms with Crippen molar-refractivity contribution in [1.29, 1.82) is 5.26 Å². The average molecular weight is 593 g/mol. The second-order valence-electron chi connectivity index (χ2n) is 11.5. The molecule has 12 heteroatoms. The van der Waals surface area contributed by atoms with Crippen molar-refractivity contribution >= 4 is 21.4 Å². The number of amides is 1. The van der Waals surface area contributed by atoms with Gasteiger partial charge in [-0.25, -0.2) is 22.5 Å². The SMILES string of the molecule is N#CC1(NC(=O)C2CCCCC2c2nn(-c3ccc(F)cn3)c(CO)c2-c2ccc(N3CCS(=O)(=O)CC3)cc2)CC1. The monoisotopic (exact) mass is 592 g/mol. The Morgan fingerprint density at radius 2 is 1.83 bits per heavy atom. The normalized spacial score (nSPS) is 22.7. The van der Waals surface area contributed by atoms with Gasteiger partial charge in [-0.3, -0.25) is 4.79 Å². The Balaban J connectivity index is 1.41. The summed E-state index contributed by atoms with van der Waals surface area (Å²) in [4.78, 5) is 19.8. The van der Waals surface area contributed by atoms with E-state index in [9.17, 15) is 28.0 Å². The molecule has 2 aliphatic carbocycles. The molecule has 2 aromatic heterocycles. The molecule has 1 saturated heterocycles. The molecule has 1 amide bonds. The minimum Gasteiger partial charge on any atom is -0.390 e. The molecule has 2 atom stereocenters. The van der Waals surface area contributed by atoms with Crippen LogP contribution in [0.3, 0.4) is 0 Å². The second-order valence-corrected chi connectivity index (χ2v) is 13.8.